The highest BCUT2D eigenvalue weighted by atomic mass is 16.1. The van der Waals surface area contributed by atoms with E-state index in [-0.39, 0.29) is 0 Å². The predicted octanol–water partition coefficient (Wildman–Crippen LogP) is 2.59. The second kappa shape index (κ2) is 4.68. The van der Waals surface area contributed by atoms with E-state index in [9.17, 15) is 4.79 Å². The molecule has 4 nitrogen and oxygen atoms in total. The molecule has 0 unspecified atom stereocenters. The fourth-order valence-electron chi connectivity index (χ4n) is 1.58. The number of hydrogen-bond acceptors (Lipinski definition) is 3. The molecule has 0 N–H and O–H groups in total. The zero-order chi connectivity index (χ0) is 10.5. The van der Waals surface area contributed by atoms with Crippen molar-refractivity contribution in [2.75, 3.05) is 13.1 Å². The van der Waals surface area contributed by atoms with Gasteiger partial charge in [-0.25, -0.2) is 0 Å². The van der Waals surface area contributed by atoms with Crippen LogP contribution in [0.1, 0.15) is 23.2 Å². The molecule has 0 amide bonds. The first-order valence-corrected chi connectivity index (χ1v) is 5.11. The molecule has 1 heterocycles. The van der Waals surface area contributed by atoms with Crippen molar-refractivity contribution >= 4 is 12.0 Å². The van der Waals surface area contributed by atoms with Crippen LogP contribution in [0.2, 0.25) is 0 Å². The Morgan fingerprint density at radius 2 is 1.93 bits per heavy atom. The molecule has 0 bridgehead atoms. The zero-order valence-electron chi connectivity index (χ0n) is 8.47. The summed E-state index contributed by atoms with van der Waals surface area (Å²) in [6, 6.07) is 7.21. The van der Waals surface area contributed by atoms with Gasteiger partial charge in [-0.2, -0.15) is 0 Å². The summed E-state index contributed by atoms with van der Waals surface area (Å²) in [5.74, 6) is 0. The summed E-state index contributed by atoms with van der Waals surface area (Å²) >= 11 is 0. The number of hydrogen-bond donors (Lipinski definition) is 0. The van der Waals surface area contributed by atoms with Crippen LogP contribution in [0.5, 0.6) is 0 Å². The Morgan fingerprint density at radius 3 is 2.67 bits per heavy atom. The lowest BCUT2D eigenvalue weighted by Gasteiger charge is -2.06. The smallest absolute Gasteiger partial charge is 0.152 e. The molecule has 4 heteroatoms. The van der Waals surface area contributed by atoms with Gasteiger partial charge in [0.2, 0.25) is 0 Å². The van der Waals surface area contributed by atoms with Crippen LogP contribution in [0.4, 0.5) is 5.69 Å². The van der Waals surface area contributed by atoms with Crippen LogP contribution in [0.25, 0.3) is 0 Å². The molecule has 1 aliphatic heterocycles. The predicted molar refractivity (Wildman–Crippen MR) is 57.2 cm³/mol. The van der Waals surface area contributed by atoms with Crippen LogP contribution in [0.3, 0.4) is 0 Å². The van der Waals surface area contributed by atoms with Crippen LogP contribution in [0.15, 0.2) is 34.6 Å². The second-order valence-electron chi connectivity index (χ2n) is 3.53. The van der Waals surface area contributed by atoms with Crippen LogP contribution >= 0.6 is 0 Å². The molecule has 15 heavy (non-hydrogen) atoms. The number of rotatable bonds is 3. The van der Waals surface area contributed by atoms with Gasteiger partial charge in [0, 0.05) is 18.7 Å². The van der Waals surface area contributed by atoms with E-state index in [0.29, 0.717) is 11.3 Å². The average Bonchev–Trinajstić information content (AvgIpc) is 2.79. The molecular weight excluding hydrogens is 190 g/mol. The zero-order valence-corrected chi connectivity index (χ0v) is 8.47. The van der Waals surface area contributed by atoms with Gasteiger partial charge in [-0.15, -0.1) is 5.11 Å². The van der Waals surface area contributed by atoms with Crippen LogP contribution in [0, 0.1) is 0 Å². The minimum atomic E-state index is 0.584. The molecule has 1 saturated heterocycles. The Hall–Kier alpha value is -1.71. The molecule has 1 aromatic rings. The monoisotopic (exact) mass is 203 g/mol. The SMILES string of the molecule is O=Cc1ccccc1N=NN1CCCC1. The van der Waals surface area contributed by atoms with Gasteiger partial charge in [0.15, 0.2) is 6.29 Å². The molecule has 0 aromatic heterocycles. The molecule has 1 aliphatic rings. The Balaban J connectivity index is 2.11. The summed E-state index contributed by atoms with van der Waals surface area (Å²) in [6.45, 7) is 1.93. The lowest BCUT2D eigenvalue weighted by atomic mass is 10.2. The van der Waals surface area contributed by atoms with Crippen molar-refractivity contribution in [3.63, 3.8) is 0 Å². The van der Waals surface area contributed by atoms with E-state index in [4.69, 9.17) is 0 Å². The Labute approximate surface area is 88.6 Å². The average molecular weight is 203 g/mol. The standard InChI is InChI=1S/C11H13N3O/c15-9-10-5-1-2-6-11(10)12-13-14-7-3-4-8-14/h1-2,5-6,9H,3-4,7-8H2. The van der Waals surface area contributed by atoms with Crippen molar-refractivity contribution in [3.05, 3.63) is 29.8 Å². The molecule has 0 atom stereocenters. The maximum atomic E-state index is 10.7. The Morgan fingerprint density at radius 1 is 1.20 bits per heavy atom. The van der Waals surface area contributed by atoms with Crippen LogP contribution in [-0.2, 0) is 0 Å². The van der Waals surface area contributed by atoms with Crippen molar-refractivity contribution < 1.29 is 4.79 Å². The summed E-state index contributed by atoms with van der Waals surface area (Å²) in [4.78, 5) is 10.7. The molecule has 1 fully saturated rings. The number of aldehydes is 1. The fraction of sp³-hybridized carbons (Fsp3) is 0.364. The highest BCUT2D eigenvalue weighted by Crippen LogP contribution is 2.18. The van der Waals surface area contributed by atoms with E-state index < -0.39 is 0 Å². The molecule has 1 aromatic carbocycles. The first kappa shape index (κ1) is 9.83. The van der Waals surface area contributed by atoms with E-state index in [1.165, 1.54) is 12.8 Å². The number of carbonyl (C=O) groups excluding carboxylic acids is 1. The maximum Gasteiger partial charge on any atom is 0.152 e. The summed E-state index contributed by atoms with van der Waals surface area (Å²) in [5.41, 5.74) is 1.22. The lowest BCUT2D eigenvalue weighted by molar-refractivity contribution is 0.112. The third-order valence-electron chi connectivity index (χ3n) is 2.43. The summed E-state index contributed by atoms with van der Waals surface area (Å²) < 4.78 is 0. The largest absolute Gasteiger partial charge is 0.298 e. The molecule has 0 aliphatic carbocycles. The van der Waals surface area contributed by atoms with E-state index in [2.05, 4.69) is 10.3 Å². The van der Waals surface area contributed by atoms with Crippen LogP contribution in [-0.4, -0.2) is 24.4 Å². The highest BCUT2D eigenvalue weighted by molar-refractivity contribution is 5.82. The van der Waals surface area contributed by atoms with Crippen molar-refractivity contribution in [2.45, 2.75) is 12.8 Å². The minimum absolute atomic E-state index is 0.584. The maximum absolute atomic E-state index is 10.7. The second-order valence-corrected chi connectivity index (χ2v) is 3.53. The third-order valence-corrected chi connectivity index (χ3v) is 2.43. The van der Waals surface area contributed by atoms with Gasteiger partial charge < -0.3 is 0 Å². The van der Waals surface area contributed by atoms with E-state index in [0.717, 1.165) is 19.4 Å². The molecule has 78 valence electrons. The van der Waals surface area contributed by atoms with E-state index in [1.807, 2.05) is 17.1 Å². The van der Waals surface area contributed by atoms with Gasteiger partial charge in [0.1, 0.15) is 0 Å². The van der Waals surface area contributed by atoms with Crippen molar-refractivity contribution in [1.29, 1.82) is 0 Å². The minimum Gasteiger partial charge on any atom is -0.298 e. The van der Waals surface area contributed by atoms with Crippen molar-refractivity contribution in [3.8, 4) is 0 Å². The Bertz CT molecular complexity index is 370. The van der Waals surface area contributed by atoms with Gasteiger partial charge >= 0.3 is 0 Å². The lowest BCUT2D eigenvalue weighted by Crippen LogP contribution is -2.09. The highest BCUT2D eigenvalue weighted by Gasteiger charge is 2.08. The molecule has 0 spiro atoms. The molecule has 0 saturated carbocycles. The Kier molecular flexibility index (Phi) is 3.07. The quantitative estimate of drug-likeness (QED) is 0.560. The van der Waals surface area contributed by atoms with E-state index >= 15 is 0 Å². The number of nitrogens with zero attached hydrogens (tertiary/aromatic N) is 3. The summed E-state index contributed by atoms with van der Waals surface area (Å²) in [5, 5.41) is 10.1. The third kappa shape index (κ3) is 2.40. The molecule has 0 radical (unpaired) electrons. The fourth-order valence-corrected chi connectivity index (χ4v) is 1.58. The van der Waals surface area contributed by atoms with Crippen molar-refractivity contribution in [1.82, 2.24) is 5.01 Å². The van der Waals surface area contributed by atoms with Gasteiger partial charge in [-0.3, -0.25) is 9.80 Å². The van der Waals surface area contributed by atoms with Crippen molar-refractivity contribution in [2.24, 2.45) is 10.3 Å². The van der Waals surface area contributed by atoms with Gasteiger partial charge in [0.25, 0.3) is 0 Å². The summed E-state index contributed by atoms with van der Waals surface area (Å²) in [6.07, 6.45) is 3.15. The topological polar surface area (TPSA) is 45.0 Å². The van der Waals surface area contributed by atoms with Gasteiger partial charge in [0.05, 0.1) is 5.69 Å². The summed E-state index contributed by atoms with van der Waals surface area (Å²) in [7, 11) is 0. The van der Waals surface area contributed by atoms with E-state index in [1.54, 1.807) is 12.1 Å². The van der Waals surface area contributed by atoms with Gasteiger partial charge in [-0.05, 0) is 25.0 Å². The normalized spacial score (nSPS) is 16.1. The first-order chi connectivity index (χ1) is 7.40. The molecular formula is C11H13N3O. The number of benzene rings is 1. The first-order valence-electron chi connectivity index (χ1n) is 5.11. The molecule has 2 rings (SSSR count). The van der Waals surface area contributed by atoms with Gasteiger partial charge in [-0.1, -0.05) is 17.4 Å². The van der Waals surface area contributed by atoms with Crippen LogP contribution < -0.4 is 0 Å². The number of carbonyl (C=O) groups is 1.